The number of rotatable bonds is 8. The van der Waals surface area contributed by atoms with Crippen LogP contribution in [0.15, 0.2) is 46.7 Å². The Labute approximate surface area is 177 Å². The molecule has 1 N–H and O–H groups in total. The number of hydrogen-bond acceptors (Lipinski definition) is 5. The average Bonchev–Trinajstić information content (AvgIpc) is 3.22. The van der Waals surface area contributed by atoms with Gasteiger partial charge in [0.1, 0.15) is 0 Å². The molecule has 158 valence electrons. The van der Waals surface area contributed by atoms with Gasteiger partial charge in [-0.05, 0) is 61.5 Å². The Hall–Kier alpha value is -1.74. The van der Waals surface area contributed by atoms with Gasteiger partial charge in [-0.3, -0.25) is 9.69 Å². The van der Waals surface area contributed by atoms with Crippen molar-refractivity contribution in [3.05, 3.63) is 52.2 Å². The molecule has 1 fully saturated rings. The highest BCUT2D eigenvalue weighted by molar-refractivity contribution is 7.89. The molecule has 29 heavy (non-hydrogen) atoms. The molecule has 1 aromatic carbocycles. The quantitative estimate of drug-likeness (QED) is 0.692. The number of nitrogens with zero attached hydrogens (tertiary/aromatic N) is 2. The Balaban J connectivity index is 1.47. The number of thiophene rings is 1. The molecule has 0 unspecified atom stereocenters. The summed E-state index contributed by atoms with van der Waals surface area (Å²) in [7, 11) is -0.343. The molecule has 8 heteroatoms. The fourth-order valence-corrected chi connectivity index (χ4v) is 5.22. The highest BCUT2D eigenvalue weighted by Gasteiger charge is 2.25. The third-order valence-corrected chi connectivity index (χ3v) is 8.04. The van der Waals surface area contributed by atoms with E-state index in [0.717, 1.165) is 37.9 Å². The molecular formula is C21H29N3O3S2. The van der Waals surface area contributed by atoms with Crippen molar-refractivity contribution in [1.29, 1.82) is 0 Å². The molecule has 0 spiro atoms. The van der Waals surface area contributed by atoms with Gasteiger partial charge in [-0.1, -0.05) is 18.2 Å². The van der Waals surface area contributed by atoms with Gasteiger partial charge in [-0.25, -0.2) is 12.7 Å². The van der Waals surface area contributed by atoms with E-state index in [1.54, 1.807) is 29.5 Å². The molecule has 1 aliphatic heterocycles. The number of hydrogen-bond donors (Lipinski definition) is 1. The van der Waals surface area contributed by atoms with Gasteiger partial charge in [-0.15, -0.1) is 11.3 Å². The molecule has 2 heterocycles. The Bertz CT molecular complexity index is 903. The second kappa shape index (κ2) is 9.84. The molecule has 1 saturated heterocycles. The molecule has 2 aromatic rings. The summed E-state index contributed by atoms with van der Waals surface area (Å²) in [6.07, 6.45) is 2.55. The van der Waals surface area contributed by atoms with E-state index >= 15 is 0 Å². The maximum atomic E-state index is 12.4. The van der Waals surface area contributed by atoms with Gasteiger partial charge in [0.05, 0.1) is 4.90 Å². The van der Waals surface area contributed by atoms with Crippen LogP contribution in [0.1, 0.15) is 23.3 Å². The molecule has 1 amide bonds. The van der Waals surface area contributed by atoms with E-state index in [0.29, 0.717) is 18.0 Å². The lowest BCUT2D eigenvalue weighted by molar-refractivity contribution is -0.126. The van der Waals surface area contributed by atoms with Crippen LogP contribution in [0.5, 0.6) is 0 Å². The monoisotopic (exact) mass is 435 g/mol. The van der Waals surface area contributed by atoms with Crippen molar-refractivity contribution in [1.82, 2.24) is 14.5 Å². The van der Waals surface area contributed by atoms with Crippen molar-refractivity contribution in [2.45, 2.75) is 30.7 Å². The van der Waals surface area contributed by atoms with E-state index in [4.69, 9.17) is 0 Å². The smallest absolute Gasteiger partial charge is 0.242 e. The van der Waals surface area contributed by atoms with Gasteiger partial charge in [0.15, 0.2) is 0 Å². The highest BCUT2D eigenvalue weighted by atomic mass is 32.2. The van der Waals surface area contributed by atoms with Crippen LogP contribution in [0.3, 0.4) is 0 Å². The Morgan fingerprint density at radius 3 is 2.62 bits per heavy atom. The van der Waals surface area contributed by atoms with Gasteiger partial charge in [-0.2, -0.15) is 0 Å². The number of nitrogens with one attached hydrogen (secondary N) is 1. The molecule has 0 atom stereocenters. The summed E-state index contributed by atoms with van der Waals surface area (Å²) >= 11 is 1.72. The van der Waals surface area contributed by atoms with Gasteiger partial charge >= 0.3 is 0 Å². The van der Waals surface area contributed by atoms with E-state index < -0.39 is 10.0 Å². The van der Waals surface area contributed by atoms with E-state index in [2.05, 4.69) is 21.7 Å². The number of carbonyl (C=O) groups excluding carboxylic acids is 1. The van der Waals surface area contributed by atoms with Crippen LogP contribution in [0, 0.1) is 5.92 Å². The second-order valence-corrected chi connectivity index (χ2v) is 10.8. The Morgan fingerprint density at radius 2 is 1.97 bits per heavy atom. The SMILES string of the molecule is CN(C)S(=O)(=O)c1cccc(CN2CCC(C(=O)NCCc3cccs3)CC2)c1. The van der Waals surface area contributed by atoms with Crippen LogP contribution in [-0.4, -0.2) is 57.3 Å². The van der Waals surface area contributed by atoms with Crippen molar-refractivity contribution in [3.63, 3.8) is 0 Å². The molecule has 1 aromatic heterocycles. The second-order valence-electron chi connectivity index (χ2n) is 7.61. The lowest BCUT2D eigenvalue weighted by Crippen LogP contribution is -2.40. The normalized spacial score (nSPS) is 16.2. The molecule has 6 nitrogen and oxygen atoms in total. The number of carbonyl (C=O) groups is 1. The van der Waals surface area contributed by atoms with Crippen LogP contribution >= 0.6 is 11.3 Å². The third kappa shape index (κ3) is 5.88. The van der Waals surface area contributed by atoms with E-state index in [1.807, 2.05) is 12.1 Å². The zero-order chi connectivity index (χ0) is 20.9. The van der Waals surface area contributed by atoms with Crippen LogP contribution in [0.4, 0.5) is 0 Å². The standard InChI is InChI=1S/C21H29N3O3S2/c1-23(2)29(26,27)20-7-3-5-17(15-20)16-24-12-9-18(10-13-24)21(25)22-11-8-19-6-4-14-28-19/h3-7,14-15,18H,8-13,16H2,1-2H3,(H,22,25). The summed E-state index contributed by atoms with van der Waals surface area (Å²) in [5, 5.41) is 5.12. The minimum absolute atomic E-state index is 0.0649. The number of amides is 1. The van der Waals surface area contributed by atoms with Crippen molar-refractivity contribution in [2.24, 2.45) is 5.92 Å². The Kier molecular flexibility index (Phi) is 7.45. The number of benzene rings is 1. The van der Waals surface area contributed by atoms with Crippen LogP contribution in [0.2, 0.25) is 0 Å². The van der Waals surface area contributed by atoms with Gasteiger partial charge in [0, 0.05) is 38.0 Å². The zero-order valence-corrected chi connectivity index (χ0v) is 18.6. The average molecular weight is 436 g/mol. The van der Waals surface area contributed by atoms with Crippen molar-refractivity contribution in [2.75, 3.05) is 33.7 Å². The first-order chi connectivity index (χ1) is 13.9. The lowest BCUT2D eigenvalue weighted by atomic mass is 9.95. The maximum absolute atomic E-state index is 12.4. The first kappa shape index (κ1) is 22.0. The number of sulfonamides is 1. The minimum Gasteiger partial charge on any atom is -0.355 e. The minimum atomic E-state index is -3.42. The molecule has 1 aliphatic rings. The van der Waals surface area contributed by atoms with Gasteiger partial charge in [0.25, 0.3) is 0 Å². The Morgan fingerprint density at radius 1 is 1.21 bits per heavy atom. The van der Waals surface area contributed by atoms with E-state index in [9.17, 15) is 13.2 Å². The lowest BCUT2D eigenvalue weighted by Gasteiger charge is -2.31. The molecule has 0 bridgehead atoms. The summed E-state index contributed by atoms with van der Waals surface area (Å²) in [5.41, 5.74) is 0.978. The molecule has 3 rings (SSSR count). The maximum Gasteiger partial charge on any atom is 0.242 e. The van der Waals surface area contributed by atoms with Crippen LogP contribution < -0.4 is 5.32 Å². The third-order valence-electron chi connectivity index (χ3n) is 5.29. The zero-order valence-electron chi connectivity index (χ0n) is 17.0. The van der Waals surface area contributed by atoms with Crippen molar-refractivity contribution < 1.29 is 13.2 Å². The first-order valence-corrected chi connectivity index (χ1v) is 12.2. The van der Waals surface area contributed by atoms with Gasteiger partial charge in [0.2, 0.25) is 15.9 Å². The molecule has 0 aliphatic carbocycles. The summed E-state index contributed by atoms with van der Waals surface area (Å²) in [4.78, 5) is 16.3. The van der Waals surface area contributed by atoms with Gasteiger partial charge < -0.3 is 5.32 Å². The summed E-state index contributed by atoms with van der Waals surface area (Å²) in [6.45, 7) is 3.07. The fraction of sp³-hybridized carbons (Fsp3) is 0.476. The summed E-state index contributed by atoms with van der Waals surface area (Å²) < 4.78 is 25.9. The highest BCUT2D eigenvalue weighted by Crippen LogP contribution is 2.21. The predicted octanol–water partition coefficient (Wildman–Crippen LogP) is 2.57. The molecule has 0 radical (unpaired) electrons. The fourth-order valence-electron chi connectivity index (χ4n) is 3.53. The first-order valence-electron chi connectivity index (χ1n) is 9.90. The van der Waals surface area contributed by atoms with E-state index in [1.165, 1.54) is 23.3 Å². The van der Waals surface area contributed by atoms with Crippen LogP contribution in [-0.2, 0) is 27.8 Å². The topological polar surface area (TPSA) is 69.7 Å². The summed E-state index contributed by atoms with van der Waals surface area (Å²) in [5.74, 6) is 0.218. The van der Waals surface area contributed by atoms with Crippen LogP contribution in [0.25, 0.3) is 0 Å². The van der Waals surface area contributed by atoms with Crippen molar-refractivity contribution >= 4 is 27.3 Å². The number of likely N-dealkylation sites (tertiary alicyclic amines) is 1. The predicted molar refractivity (Wildman–Crippen MR) is 116 cm³/mol. The molecule has 0 saturated carbocycles. The van der Waals surface area contributed by atoms with E-state index in [-0.39, 0.29) is 11.8 Å². The molecular weight excluding hydrogens is 406 g/mol. The summed E-state index contributed by atoms with van der Waals surface area (Å²) in [6, 6.07) is 11.2. The largest absolute Gasteiger partial charge is 0.355 e. The number of piperidine rings is 1. The van der Waals surface area contributed by atoms with Crippen molar-refractivity contribution in [3.8, 4) is 0 Å².